The number of carbonyl (C=O) groups excluding carboxylic acids is 1. The molecule has 3 nitrogen and oxygen atoms in total. The third-order valence-electron chi connectivity index (χ3n) is 1.87. The molecule has 76 valence electrons. The Bertz CT molecular complexity index is 363. The monoisotopic (exact) mass is 197 g/mol. The maximum Gasteiger partial charge on any atom is 0.175 e. The standard InChI is InChI=1S/C10H12FNO2/c1-6-4-7(8(13)2-3-12)10(11)9(14)5-6/h4-5,14H,2-3,12H2,1H3. The first-order valence-electron chi connectivity index (χ1n) is 4.28. The van der Waals surface area contributed by atoms with Gasteiger partial charge in [-0.15, -0.1) is 0 Å². The molecule has 0 aliphatic carbocycles. The highest BCUT2D eigenvalue weighted by molar-refractivity contribution is 5.97. The number of hydrogen-bond acceptors (Lipinski definition) is 3. The van der Waals surface area contributed by atoms with E-state index in [-0.39, 0.29) is 24.3 Å². The van der Waals surface area contributed by atoms with Crippen LogP contribution in [0.1, 0.15) is 22.3 Å². The second kappa shape index (κ2) is 4.19. The number of ketones is 1. The fraction of sp³-hybridized carbons (Fsp3) is 0.300. The van der Waals surface area contributed by atoms with Gasteiger partial charge in [-0.25, -0.2) is 4.39 Å². The van der Waals surface area contributed by atoms with E-state index >= 15 is 0 Å². The lowest BCUT2D eigenvalue weighted by Gasteiger charge is -2.04. The van der Waals surface area contributed by atoms with E-state index in [2.05, 4.69) is 0 Å². The Morgan fingerprint density at radius 3 is 2.79 bits per heavy atom. The van der Waals surface area contributed by atoms with E-state index in [9.17, 15) is 9.18 Å². The van der Waals surface area contributed by atoms with Gasteiger partial charge in [0.05, 0.1) is 5.56 Å². The van der Waals surface area contributed by atoms with Crippen LogP contribution in [0.4, 0.5) is 4.39 Å². The molecule has 1 aromatic carbocycles. The molecule has 0 aliphatic rings. The molecule has 14 heavy (non-hydrogen) atoms. The fourth-order valence-corrected chi connectivity index (χ4v) is 1.22. The number of halogens is 1. The molecule has 0 atom stereocenters. The zero-order valence-electron chi connectivity index (χ0n) is 7.88. The summed E-state index contributed by atoms with van der Waals surface area (Å²) in [5.41, 5.74) is 5.74. The van der Waals surface area contributed by atoms with Gasteiger partial charge in [-0.05, 0) is 31.2 Å². The molecule has 0 saturated carbocycles. The second-order valence-electron chi connectivity index (χ2n) is 3.11. The predicted octanol–water partition coefficient (Wildman–Crippen LogP) is 1.37. The molecule has 4 heteroatoms. The average Bonchev–Trinajstić information content (AvgIpc) is 2.11. The van der Waals surface area contributed by atoms with E-state index in [4.69, 9.17) is 10.8 Å². The molecule has 0 spiro atoms. The summed E-state index contributed by atoms with van der Waals surface area (Å²) in [6.45, 7) is 1.85. The number of hydrogen-bond donors (Lipinski definition) is 2. The first-order valence-corrected chi connectivity index (χ1v) is 4.28. The van der Waals surface area contributed by atoms with Crippen molar-refractivity contribution in [2.75, 3.05) is 6.54 Å². The molecule has 0 radical (unpaired) electrons. The van der Waals surface area contributed by atoms with E-state index in [0.29, 0.717) is 5.56 Å². The number of phenols is 1. The number of aromatic hydroxyl groups is 1. The molecule has 3 N–H and O–H groups in total. The van der Waals surface area contributed by atoms with Gasteiger partial charge in [-0.2, -0.15) is 0 Å². The number of Topliss-reactive ketones (excluding diaryl/α,β-unsaturated/α-hetero) is 1. The van der Waals surface area contributed by atoms with E-state index < -0.39 is 11.6 Å². The zero-order chi connectivity index (χ0) is 10.7. The molecule has 0 saturated heterocycles. The summed E-state index contributed by atoms with van der Waals surface area (Å²) in [7, 11) is 0. The van der Waals surface area contributed by atoms with Gasteiger partial charge in [0.25, 0.3) is 0 Å². The summed E-state index contributed by atoms with van der Waals surface area (Å²) in [6.07, 6.45) is 0.0831. The van der Waals surface area contributed by atoms with Crippen LogP contribution in [0.25, 0.3) is 0 Å². The van der Waals surface area contributed by atoms with Gasteiger partial charge in [0.15, 0.2) is 17.3 Å². The first-order chi connectivity index (χ1) is 6.56. The van der Waals surface area contributed by atoms with Crippen LogP contribution in [0.2, 0.25) is 0 Å². The summed E-state index contributed by atoms with van der Waals surface area (Å²) < 4.78 is 13.2. The van der Waals surface area contributed by atoms with Crippen LogP contribution in [0.15, 0.2) is 12.1 Å². The SMILES string of the molecule is Cc1cc(O)c(F)c(C(=O)CCN)c1. The Balaban J connectivity index is 3.13. The van der Waals surface area contributed by atoms with Gasteiger partial charge < -0.3 is 10.8 Å². The van der Waals surface area contributed by atoms with Crippen molar-refractivity contribution in [2.24, 2.45) is 5.73 Å². The van der Waals surface area contributed by atoms with Crippen LogP contribution >= 0.6 is 0 Å². The van der Waals surface area contributed by atoms with Gasteiger partial charge in [0.2, 0.25) is 0 Å². The van der Waals surface area contributed by atoms with Crippen molar-refractivity contribution >= 4 is 5.78 Å². The molecule has 0 amide bonds. The molecule has 0 fully saturated rings. The minimum absolute atomic E-state index is 0.0831. The molecule has 0 unspecified atom stereocenters. The van der Waals surface area contributed by atoms with Crippen molar-refractivity contribution in [1.29, 1.82) is 0 Å². The summed E-state index contributed by atoms with van der Waals surface area (Å²) in [5.74, 6) is -1.75. The third-order valence-corrected chi connectivity index (χ3v) is 1.87. The largest absolute Gasteiger partial charge is 0.505 e. The molecule has 1 rings (SSSR count). The quantitative estimate of drug-likeness (QED) is 0.719. The van der Waals surface area contributed by atoms with Gasteiger partial charge in [0, 0.05) is 6.42 Å². The van der Waals surface area contributed by atoms with Crippen LogP contribution in [0, 0.1) is 12.7 Å². The van der Waals surface area contributed by atoms with Crippen molar-refractivity contribution in [1.82, 2.24) is 0 Å². The first kappa shape index (κ1) is 10.7. The van der Waals surface area contributed by atoms with Gasteiger partial charge in [0.1, 0.15) is 0 Å². The fourth-order valence-electron chi connectivity index (χ4n) is 1.22. The van der Waals surface area contributed by atoms with Crippen molar-refractivity contribution in [3.8, 4) is 5.75 Å². The van der Waals surface area contributed by atoms with Gasteiger partial charge in [-0.1, -0.05) is 0 Å². The van der Waals surface area contributed by atoms with Crippen LogP contribution in [0.5, 0.6) is 5.75 Å². The van der Waals surface area contributed by atoms with Gasteiger partial charge >= 0.3 is 0 Å². The summed E-state index contributed by atoms with van der Waals surface area (Å²) in [5, 5.41) is 9.14. The number of aryl methyl sites for hydroxylation is 1. The molecular formula is C10H12FNO2. The minimum atomic E-state index is -0.867. The van der Waals surface area contributed by atoms with Crippen LogP contribution < -0.4 is 5.73 Å². The Morgan fingerprint density at radius 2 is 2.21 bits per heavy atom. The normalized spacial score (nSPS) is 10.2. The lowest BCUT2D eigenvalue weighted by Crippen LogP contribution is -2.10. The highest BCUT2D eigenvalue weighted by atomic mass is 19.1. The van der Waals surface area contributed by atoms with Crippen LogP contribution in [0.3, 0.4) is 0 Å². The topological polar surface area (TPSA) is 63.3 Å². The average molecular weight is 197 g/mol. The Kier molecular flexibility index (Phi) is 3.19. The number of rotatable bonds is 3. The smallest absolute Gasteiger partial charge is 0.175 e. The van der Waals surface area contributed by atoms with Crippen LogP contribution in [-0.2, 0) is 0 Å². The molecule has 0 bridgehead atoms. The molecular weight excluding hydrogens is 185 g/mol. The van der Waals surface area contributed by atoms with E-state index in [1.54, 1.807) is 6.92 Å². The Labute approximate surface area is 81.4 Å². The highest BCUT2D eigenvalue weighted by Crippen LogP contribution is 2.22. The van der Waals surface area contributed by atoms with Crippen molar-refractivity contribution in [2.45, 2.75) is 13.3 Å². The maximum absolute atomic E-state index is 13.2. The summed E-state index contributed by atoms with van der Waals surface area (Å²) in [6, 6.07) is 2.68. The number of phenolic OH excluding ortho intramolecular Hbond substituents is 1. The number of carbonyl (C=O) groups is 1. The second-order valence-corrected chi connectivity index (χ2v) is 3.11. The van der Waals surface area contributed by atoms with E-state index in [1.165, 1.54) is 12.1 Å². The summed E-state index contributed by atoms with van der Waals surface area (Å²) >= 11 is 0. The van der Waals surface area contributed by atoms with Crippen molar-refractivity contribution in [3.63, 3.8) is 0 Å². The van der Waals surface area contributed by atoms with E-state index in [1.807, 2.05) is 0 Å². The van der Waals surface area contributed by atoms with Crippen LogP contribution in [-0.4, -0.2) is 17.4 Å². The minimum Gasteiger partial charge on any atom is -0.505 e. The van der Waals surface area contributed by atoms with Crippen molar-refractivity contribution < 1.29 is 14.3 Å². The Hall–Kier alpha value is -1.42. The zero-order valence-corrected chi connectivity index (χ0v) is 7.88. The molecule has 0 aromatic heterocycles. The molecule has 0 aliphatic heterocycles. The Morgan fingerprint density at radius 1 is 1.57 bits per heavy atom. The van der Waals surface area contributed by atoms with Crippen molar-refractivity contribution in [3.05, 3.63) is 29.1 Å². The lowest BCUT2D eigenvalue weighted by atomic mass is 10.0. The van der Waals surface area contributed by atoms with E-state index in [0.717, 1.165) is 0 Å². The maximum atomic E-state index is 13.2. The van der Waals surface area contributed by atoms with Gasteiger partial charge in [-0.3, -0.25) is 4.79 Å². The molecule has 0 heterocycles. The lowest BCUT2D eigenvalue weighted by molar-refractivity contribution is 0.0980. The third kappa shape index (κ3) is 2.09. The summed E-state index contributed by atoms with van der Waals surface area (Å²) in [4.78, 5) is 11.3. The molecule has 1 aromatic rings. The number of benzene rings is 1. The number of nitrogens with two attached hydrogens (primary N) is 1. The predicted molar refractivity (Wildman–Crippen MR) is 50.8 cm³/mol. The highest BCUT2D eigenvalue weighted by Gasteiger charge is 2.14.